The molecule has 1 saturated carbocycles. The van der Waals surface area contributed by atoms with Crippen molar-refractivity contribution >= 4 is 21.7 Å². The van der Waals surface area contributed by atoms with E-state index in [1.54, 1.807) is 12.1 Å². The number of benzene rings is 1. The van der Waals surface area contributed by atoms with Crippen molar-refractivity contribution < 1.29 is 13.9 Å². The largest absolute Gasteiger partial charge is 0.375 e. The molecule has 1 atom stereocenters. The molecule has 1 aliphatic heterocycles. The second kappa shape index (κ2) is 6.17. The van der Waals surface area contributed by atoms with Gasteiger partial charge in [-0.2, -0.15) is 0 Å². The molecule has 0 N–H and O–H groups in total. The molecular weight excluding hydrogens is 335 g/mol. The lowest BCUT2D eigenvalue weighted by atomic mass is 9.74. The lowest BCUT2D eigenvalue weighted by molar-refractivity contribution is -0.111. The van der Waals surface area contributed by atoms with Crippen LogP contribution in [-0.2, 0) is 4.74 Å². The highest BCUT2D eigenvalue weighted by molar-refractivity contribution is 9.10. The van der Waals surface area contributed by atoms with Gasteiger partial charge in [-0.15, -0.1) is 0 Å². The van der Waals surface area contributed by atoms with Crippen LogP contribution in [0.1, 0.15) is 55.3 Å². The average Bonchev–Trinajstić information content (AvgIpc) is 2.47. The van der Waals surface area contributed by atoms with Gasteiger partial charge in [-0.3, -0.25) is 4.79 Å². The van der Waals surface area contributed by atoms with Crippen LogP contribution in [0.15, 0.2) is 22.7 Å². The fourth-order valence-electron chi connectivity index (χ4n) is 3.71. The van der Waals surface area contributed by atoms with Gasteiger partial charge in [0.1, 0.15) is 5.82 Å². The molecule has 1 aromatic rings. The van der Waals surface area contributed by atoms with E-state index in [4.69, 9.17) is 4.74 Å². The fourth-order valence-corrected chi connectivity index (χ4v) is 4.04. The highest BCUT2D eigenvalue weighted by Crippen LogP contribution is 2.41. The van der Waals surface area contributed by atoms with Gasteiger partial charge in [0, 0.05) is 17.0 Å². The first-order valence-corrected chi connectivity index (χ1v) is 8.52. The Morgan fingerprint density at radius 2 is 2.05 bits per heavy atom. The van der Waals surface area contributed by atoms with Crippen molar-refractivity contribution in [2.75, 3.05) is 6.61 Å². The zero-order valence-corrected chi connectivity index (χ0v) is 13.6. The average molecular weight is 355 g/mol. The summed E-state index contributed by atoms with van der Waals surface area (Å²) >= 11 is 3.23. The van der Waals surface area contributed by atoms with Crippen LogP contribution in [0.25, 0.3) is 0 Å². The van der Waals surface area contributed by atoms with Crippen LogP contribution in [-0.4, -0.2) is 18.0 Å². The van der Waals surface area contributed by atoms with Crippen LogP contribution < -0.4 is 0 Å². The van der Waals surface area contributed by atoms with Crippen molar-refractivity contribution in [3.63, 3.8) is 0 Å². The molecule has 1 spiro atoms. The summed E-state index contributed by atoms with van der Waals surface area (Å²) in [6, 6.07) is 4.68. The Balaban J connectivity index is 1.77. The van der Waals surface area contributed by atoms with Gasteiger partial charge in [0.25, 0.3) is 0 Å². The van der Waals surface area contributed by atoms with Crippen LogP contribution in [0.5, 0.6) is 0 Å². The van der Waals surface area contributed by atoms with Crippen molar-refractivity contribution in [1.82, 2.24) is 0 Å². The quantitative estimate of drug-likeness (QED) is 0.706. The molecule has 3 rings (SSSR count). The number of halogens is 2. The second-order valence-electron chi connectivity index (χ2n) is 6.27. The third-order valence-electron chi connectivity index (χ3n) is 4.83. The van der Waals surface area contributed by atoms with E-state index in [0.29, 0.717) is 17.5 Å². The van der Waals surface area contributed by atoms with E-state index < -0.39 is 5.82 Å². The van der Waals surface area contributed by atoms with Crippen LogP contribution in [0.3, 0.4) is 0 Å². The van der Waals surface area contributed by atoms with Crippen molar-refractivity contribution in [2.45, 2.75) is 50.5 Å². The number of rotatable bonds is 2. The van der Waals surface area contributed by atoms with Gasteiger partial charge in [0.15, 0.2) is 5.78 Å². The lowest BCUT2D eigenvalue weighted by Crippen LogP contribution is -2.43. The monoisotopic (exact) mass is 354 g/mol. The summed E-state index contributed by atoms with van der Waals surface area (Å²) in [4.78, 5) is 12.6. The Labute approximate surface area is 133 Å². The normalized spacial score (nSPS) is 25.0. The fraction of sp³-hybridized carbons (Fsp3) is 0.588. The van der Waals surface area contributed by atoms with Gasteiger partial charge in [-0.1, -0.05) is 35.2 Å². The molecule has 114 valence electrons. The Morgan fingerprint density at radius 3 is 2.76 bits per heavy atom. The molecule has 0 amide bonds. The molecule has 0 bridgehead atoms. The first kappa shape index (κ1) is 15.2. The molecule has 1 saturated heterocycles. The Kier molecular flexibility index (Phi) is 4.46. The molecule has 2 nitrogen and oxygen atoms in total. The molecule has 2 fully saturated rings. The molecule has 0 aromatic heterocycles. The maximum absolute atomic E-state index is 14.0. The predicted octanol–water partition coefficient (Wildman–Crippen LogP) is 4.90. The number of hydrogen-bond donors (Lipinski definition) is 0. The summed E-state index contributed by atoms with van der Waals surface area (Å²) < 4.78 is 20.7. The molecule has 2 aliphatic rings. The molecule has 4 heteroatoms. The molecule has 21 heavy (non-hydrogen) atoms. The van der Waals surface area contributed by atoms with Crippen molar-refractivity contribution in [3.8, 4) is 0 Å². The van der Waals surface area contributed by atoms with Gasteiger partial charge >= 0.3 is 0 Å². The van der Waals surface area contributed by atoms with Gasteiger partial charge in [-0.05, 0) is 43.9 Å². The van der Waals surface area contributed by atoms with Gasteiger partial charge in [-0.25, -0.2) is 4.39 Å². The smallest absolute Gasteiger partial charge is 0.169 e. The summed E-state index contributed by atoms with van der Waals surface area (Å²) in [6.45, 7) is 0.620. The van der Waals surface area contributed by atoms with Crippen molar-refractivity contribution in [1.29, 1.82) is 0 Å². The van der Waals surface area contributed by atoms with Gasteiger partial charge < -0.3 is 4.74 Å². The second-order valence-corrected chi connectivity index (χ2v) is 7.19. The number of ketones is 1. The predicted molar refractivity (Wildman–Crippen MR) is 82.9 cm³/mol. The Bertz CT molecular complexity index is 532. The molecule has 1 aromatic carbocycles. The highest BCUT2D eigenvalue weighted by atomic mass is 79.9. The SMILES string of the molecule is O=C(c1ccc(Br)cc1F)C1CCOC2(CCCCC2)C1. The minimum atomic E-state index is -0.432. The first-order chi connectivity index (χ1) is 10.1. The minimum Gasteiger partial charge on any atom is -0.375 e. The Morgan fingerprint density at radius 1 is 1.29 bits per heavy atom. The third-order valence-corrected chi connectivity index (χ3v) is 5.32. The van der Waals surface area contributed by atoms with E-state index in [2.05, 4.69) is 15.9 Å². The van der Waals surface area contributed by atoms with E-state index in [1.165, 1.54) is 25.3 Å². The molecule has 1 aliphatic carbocycles. The summed E-state index contributed by atoms with van der Waals surface area (Å²) in [5, 5.41) is 0. The molecular formula is C17H20BrFO2. The number of hydrogen-bond acceptors (Lipinski definition) is 2. The zero-order chi connectivity index (χ0) is 14.9. The summed E-state index contributed by atoms with van der Waals surface area (Å²) in [7, 11) is 0. The van der Waals surface area contributed by atoms with Crippen molar-refractivity contribution in [2.24, 2.45) is 5.92 Å². The molecule has 0 radical (unpaired) electrons. The van der Waals surface area contributed by atoms with Gasteiger partial charge in [0.05, 0.1) is 11.2 Å². The van der Waals surface area contributed by atoms with E-state index in [-0.39, 0.29) is 22.9 Å². The summed E-state index contributed by atoms with van der Waals surface area (Å²) in [6.07, 6.45) is 7.14. The van der Waals surface area contributed by atoms with Crippen LogP contribution in [0, 0.1) is 11.7 Å². The lowest BCUT2D eigenvalue weighted by Gasteiger charge is -2.43. The third kappa shape index (κ3) is 3.21. The van der Waals surface area contributed by atoms with Gasteiger partial charge in [0.2, 0.25) is 0 Å². The maximum Gasteiger partial charge on any atom is 0.169 e. The number of Topliss-reactive ketones (excluding diaryl/α,β-unsaturated/α-hetero) is 1. The number of ether oxygens (including phenoxy) is 1. The minimum absolute atomic E-state index is 0.0618. The zero-order valence-electron chi connectivity index (χ0n) is 12.0. The van der Waals surface area contributed by atoms with Crippen molar-refractivity contribution in [3.05, 3.63) is 34.1 Å². The van der Waals surface area contributed by atoms with Crippen LogP contribution in [0.4, 0.5) is 4.39 Å². The summed E-state index contributed by atoms with van der Waals surface area (Å²) in [5.74, 6) is -0.598. The number of carbonyl (C=O) groups excluding carboxylic acids is 1. The van der Waals surface area contributed by atoms with Crippen LogP contribution >= 0.6 is 15.9 Å². The summed E-state index contributed by atoms with van der Waals surface area (Å²) in [5.41, 5.74) is 0.0962. The molecule has 1 heterocycles. The Hall–Kier alpha value is -0.740. The van der Waals surface area contributed by atoms with Crippen LogP contribution in [0.2, 0.25) is 0 Å². The topological polar surface area (TPSA) is 26.3 Å². The number of carbonyl (C=O) groups is 1. The maximum atomic E-state index is 14.0. The van der Waals surface area contributed by atoms with E-state index >= 15 is 0 Å². The van der Waals surface area contributed by atoms with E-state index in [9.17, 15) is 9.18 Å². The van der Waals surface area contributed by atoms with E-state index in [0.717, 1.165) is 19.3 Å². The highest BCUT2D eigenvalue weighted by Gasteiger charge is 2.41. The first-order valence-electron chi connectivity index (χ1n) is 7.73. The van der Waals surface area contributed by atoms with E-state index in [1.807, 2.05) is 0 Å². The molecule has 1 unspecified atom stereocenters. The standard InChI is InChI=1S/C17H20BrFO2/c18-13-4-5-14(15(19)10-13)16(20)12-6-9-21-17(11-12)7-2-1-3-8-17/h4-5,10,12H,1-3,6-9,11H2.